The molecule has 1 aliphatic heterocycles. The van der Waals surface area contributed by atoms with E-state index < -0.39 is 6.09 Å². The van der Waals surface area contributed by atoms with Crippen molar-refractivity contribution in [2.45, 2.75) is 33.1 Å². The van der Waals surface area contributed by atoms with Crippen molar-refractivity contribution in [3.05, 3.63) is 28.8 Å². The lowest BCUT2D eigenvalue weighted by atomic mass is 9.81. The van der Waals surface area contributed by atoms with Crippen LogP contribution in [0, 0.1) is 17.8 Å². The Labute approximate surface area is 172 Å². The number of benzene rings is 1. The molecule has 0 aromatic heterocycles. The number of halogens is 1. The van der Waals surface area contributed by atoms with Crippen LogP contribution in [0.25, 0.3) is 0 Å². The van der Waals surface area contributed by atoms with Crippen LogP contribution in [0.2, 0.25) is 5.02 Å². The molecular weight excluding hydrogens is 380 g/mol. The maximum atomic E-state index is 12.0. The van der Waals surface area contributed by atoms with Crippen molar-refractivity contribution in [1.82, 2.24) is 9.80 Å². The van der Waals surface area contributed by atoms with E-state index >= 15 is 0 Å². The summed E-state index contributed by atoms with van der Waals surface area (Å²) < 4.78 is 5.89. The smallest absolute Gasteiger partial charge is 0.407 e. The first-order chi connectivity index (χ1) is 13.2. The molecule has 2 rings (SSSR count). The molecule has 1 saturated heterocycles. The van der Waals surface area contributed by atoms with E-state index in [9.17, 15) is 9.59 Å². The average molecular weight is 411 g/mol. The van der Waals surface area contributed by atoms with E-state index in [1.165, 1.54) is 9.80 Å². The van der Waals surface area contributed by atoms with Crippen molar-refractivity contribution in [2.24, 2.45) is 17.8 Å². The number of likely N-dealkylation sites (tertiary alicyclic amines) is 1. The largest absolute Gasteiger partial charge is 0.493 e. The third-order valence-electron chi connectivity index (χ3n) is 5.50. The second kappa shape index (κ2) is 10.0. The molecule has 0 spiro atoms. The third kappa shape index (κ3) is 6.03. The maximum Gasteiger partial charge on any atom is 0.407 e. The van der Waals surface area contributed by atoms with Crippen molar-refractivity contribution >= 4 is 23.6 Å². The molecule has 1 heterocycles. The van der Waals surface area contributed by atoms with E-state index in [1.807, 2.05) is 0 Å². The van der Waals surface area contributed by atoms with Gasteiger partial charge >= 0.3 is 6.09 Å². The molecule has 0 aliphatic carbocycles. The van der Waals surface area contributed by atoms with Gasteiger partial charge in [0.25, 0.3) is 5.91 Å². The van der Waals surface area contributed by atoms with Gasteiger partial charge in [-0.15, -0.1) is 0 Å². The Bertz CT molecular complexity index is 687. The Kier molecular flexibility index (Phi) is 7.98. The summed E-state index contributed by atoms with van der Waals surface area (Å²) in [4.78, 5) is 26.1. The number of rotatable bonds is 7. The van der Waals surface area contributed by atoms with Crippen LogP contribution < -0.4 is 4.74 Å². The predicted molar refractivity (Wildman–Crippen MR) is 110 cm³/mol. The minimum atomic E-state index is -0.815. The fraction of sp³-hybridized carbons (Fsp3) is 0.619. The van der Waals surface area contributed by atoms with Crippen molar-refractivity contribution in [2.75, 3.05) is 33.8 Å². The number of nitrogens with zero attached hydrogens (tertiary/aromatic N) is 2. The summed E-state index contributed by atoms with van der Waals surface area (Å²) in [7, 11) is 3.38. The normalized spacial score (nSPS) is 17.1. The maximum absolute atomic E-state index is 12.0. The summed E-state index contributed by atoms with van der Waals surface area (Å²) in [5.41, 5.74) is 0.466. The Balaban J connectivity index is 1.80. The van der Waals surface area contributed by atoms with Crippen LogP contribution in [0.4, 0.5) is 4.79 Å². The molecule has 0 saturated carbocycles. The molecule has 0 bridgehead atoms. The van der Waals surface area contributed by atoms with E-state index in [0.717, 1.165) is 19.3 Å². The summed E-state index contributed by atoms with van der Waals surface area (Å²) in [6, 6.07) is 5.17. The number of hydrogen-bond acceptors (Lipinski definition) is 3. The highest BCUT2D eigenvalue weighted by atomic mass is 35.5. The SMILES string of the molecule is CC(COc1ccc(C(=O)N(C)C)c(Cl)c1)CC(C)C1CCN(C(=O)O)CC1. The van der Waals surface area contributed by atoms with Crippen LogP contribution >= 0.6 is 11.6 Å². The standard InChI is InChI=1S/C21H31ClN2O4/c1-14(11-15(2)16-7-9-24(10-8-16)21(26)27)13-28-17-5-6-18(19(22)12-17)20(25)23(3)4/h5-6,12,14-16H,7-11,13H2,1-4H3,(H,26,27). The van der Waals surface area contributed by atoms with Gasteiger partial charge in [0.2, 0.25) is 0 Å². The van der Waals surface area contributed by atoms with E-state index in [1.54, 1.807) is 32.3 Å². The molecule has 1 N–H and O–H groups in total. The fourth-order valence-corrected chi connectivity index (χ4v) is 4.04. The topological polar surface area (TPSA) is 70.1 Å². The number of hydrogen-bond donors (Lipinski definition) is 1. The fourth-order valence-electron chi connectivity index (χ4n) is 3.79. The first-order valence-corrected chi connectivity index (χ1v) is 10.2. The van der Waals surface area contributed by atoms with E-state index in [4.69, 9.17) is 21.4 Å². The van der Waals surface area contributed by atoms with E-state index in [-0.39, 0.29) is 5.91 Å². The zero-order chi connectivity index (χ0) is 20.8. The molecular formula is C21H31ClN2O4. The first kappa shape index (κ1) is 22.3. The second-order valence-electron chi connectivity index (χ2n) is 8.08. The van der Waals surface area contributed by atoms with E-state index in [0.29, 0.717) is 53.8 Å². The van der Waals surface area contributed by atoms with Crippen LogP contribution in [0.15, 0.2) is 18.2 Å². The van der Waals surface area contributed by atoms with Crippen LogP contribution in [0.1, 0.15) is 43.5 Å². The molecule has 1 fully saturated rings. The van der Waals surface area contributed by atoms with Gasteiger partial charge in [0, 0.05) is 27.2 Å². The lowest BCUT2D eigenvalue weighted by Gasteiger charge is -2.34. The summed E-state index contributed by atoms with van der Waals surface area (Å²) in [5, 5.41) is 9.45. The van der Waals surface area contributed by atoms with Gasteiger partial charge in [-0.05, 0) is 55.2 Å². The third-order valence-corrected chi connectivity index (χ3v) is 5.81. The van der Waals surface area contributed by atoms with Gasteiger partial charge in [0.15, 0.2) is 0 Å². The molecule has 7 heteroatoms. The predicted octanol–water partition coefficient (Wildman–Crippen LogP) is 4.47. The van der Waals surface area contributed by atoms with Gasteiger partial charge in [-0.2, -0.15) is 0 Å². The Morgan fingerprint density at radius 1 is 1.29 bits per heavy atom. The van der Waals surface area contributed by atoms with Gasteiger partial charge in [-0.1, -0.05) is 25.4 Å². The number of carboxylic acid groups (broad SMARTS) is 1. The molecule has 2 atom stereocenters. The van der Waals surface area contributed by atoms with Crippen molar-refractivity contribution in [3.8, 4) is 5.75 Å². The van der Waals surface area contributed by atoms with Crippen molar-refractivity contribution < 1.29 is 19.4 Å². The van der Waals surface area contributed by atoms with Crippen LogP contribution in [-0.4, -0.2) is 60.7 Å². The molecule has 0 radical (unpaired) electrons. The van der Waals surface area contributed by atoms with E-state index in [2.05, 4.69) is 13.8 Å². The number of carbonyl (C=O) groups is 2. The zero-order valence-electron chi connectivity index (χ0n) is 17.2. The van der Waals surface area contributed by atoms with Gasteiger partial charge in [0.05, 0.1) is 17.2 Å². The number of amides is 2. The summed E-state index contributed by atoms with van der Waals surface area (Å²) in [6.45, 7) is 6.25. The molecule has 28 heavy (non-hydrogen) atoms. The minimum absolute atomic E-state index is 0.132. The summed E-state index contributed by atoms with van der Waals surface area (Å²) in [5.74, 6) is 1.98. The molecule has 2 unspecified atom stereocenters. The number of carbonyl (C=O) groups excluding carboxylic acids is 1. The quantitative estimate of drug-likeness (QED) is 0.719. The van der Waals surface area contributed by atoms with Crippen molar-refractivity contribution in [3.63, 3.8) is 0 Å². The molecule has 6 nitrogen and oxygen atoms in total. The molecule has 1 aromatic rings. The monoisotopic (exact) mass is 410 g/mol. The highest BCUT2D eigenvalue weighted by molar-refractivity contribution is 6.34. The van der Waals surface area contributed by atoms with Gasteiger partial charge in [-0.25, -0.2) is 4.79 Å². The van der Waals surface area contributed by atoms with Gasteiger partial charge in [-0.3, -0.25) is 4.79 Å². The lowest BCUT2D eigenvalue weighted by molar-refractivity contribution is 0.0827. The summed E-state index contributed by atoms with van der Waals surface area (Å²) in [6.07, 6.45) is 2.07. The second-order valence-corrected chi connectivity index (χ2v) is 8.48. The number of piperidine rings is 1. The average Bonchev–Trinajstić information content (AvgIpc) is 2.65. The van der Waals surface area contributed by atoms with Crippen molar-refractivity contribution in [1.29, 1.82) is 0 Å². The van der Waals surface area contributed by atoms with Gasteiger partial charge < -0.3 is 19.6 Å². The molecule has 156 valence electrons. The first-order valence-electron chi connectivity index (χ1n) is 9.81. The Morgan fingerprint density at radius 2 is 1.93 bits per heavy atom. The molecule has 1 aromatic carbocycles. The van der Waals surface area contributed by atoms with Crippen LogP contribution in [-0.2, 0) is 0 Å². The van der Waals surface area contributed by atoms with Gasteiger partial charge in [0.1, 0.15) is 5.75 Å². The molecule has 1 aliphatic rings. The summed E-state index contributed by atoms with van der Waals surface area (Å²) >= 11 is 6.23. The lowest BCUT2D eigenvalue weighted by Crippen LogP contribution is -2.39. The molecule has 2 amide bonds. The highest BCUT2D eigenvalue weighted by Crippen LogP contribution is 2.30. The Hall–Kier alpha value is -1.95. The van der Waals surface area contributed by atoms with Crippen LogP contribution in [0.3, 0.4) is 0 Å². The van der Waals surface area contributed by atoms with Crippen LogP contribution in [0.5, 0.6) is 5.75 Å². The Morgan fingerprint density at radius 3 is 2.46 bits per heavy atom. The highest BCUT2D eigenvalue weighted by Gasteiger charge is 2.27. The minimum Gasteiger partial charge on any atom is -0.493 e. The number of ether oxygens (including phenoxy) is 1. The zero-order valence-corrected chi connectivity index (χ0v) is 17.9.